The second-order valence-corrected chi connectivity index (χ2v) is 22.4. The van der Waals surface area contributed by atoms with E-state index < -0.39 is 67.3 Å². The van der Waals surface area contributed by atoms with E-state index in [1.807, 2.05) is 0 Å². The lowest BCUT2D eigenvalue weighted by molar-refractivity contribution is -0.301. The maximum Gasteiger partial charge on any atom is 0.335 e. The van der Waals surface area contributed by atoms with E-state index in [9.17, 15) is 34.5 Å². The molecule has 458 valence electrons. The molecular weight excluding hydrogens is 997 g/mol. The number of ether oxygens (including phenoxy) is 5. The summed E-state index contributed by atoms with van der Waals surface area (Å²) in [6.45, 7) is 5.97. The largest absolute Gasteiger partial charge is 0.479 e. The number of carboxylic acids is 1. The van der Waals surface area contributed by atoms with Crippen LogP contribution in [-0.2, 0) is 42.9 Å². The summed E-state index contributed by atoms with van der Waals surface area (Å²) in [6.07, 6.45) is 54.9. The van der Waals surface area contributed by atoms with Crippen LogP contribution in [0.15, 0.2) is 48.6 Å². The zero-order valence-corrected chi connectivity index (χ0v) is 50.6. The monoisotopic (exact) mass is 1110 g/mol. The molecule has 1 heterocycles. The first-order valence-corrected chi connectivity index (χ1v) is 32.6. The highest BCUT2D eigenvalue weighted by molar-refractivity contribution is 5.74. The highest BCUT2D eigenvalue weighted by Gasteiger charge is 2.50. The summed E-state index contributed by atoms with van der Waals surface area (Å²) < 4.78 is 28.5. The molecule has 0 aromatic rings. The van der Waals surface area contributed by atoms with Crippen molar-refractivity contribution in [2.24, 2.45) is 0 Å². The third-order valence-corrected chi connectivity index (χ3v) is 14.9. The number of hydrogen-bond donors (Lipinski definition) is 3. The Morgan fingerprint density at radius 2 is 0.759 bits per heavy atom. The Morgan fingerprint density at radius 1 is 0.418 bits per heavy atom. The first-order chi connectivity index (χ1) is 38.6. The Balaban J connectivity index is 2.65. The Bertz CT molecular complexity index is 1560. The fourth-order valence-electron chi connectivity index (χ4n) is 9.84. The molecule has 12 nitrogen and oxygen atoms in total. The summed E-state index contributed by atoms with van der Waals surface area (Å²) in [7, 11) is 0. The van der Waals surface area contributed by atoms with Gasteiger partial charge in [-0.1, -0.05) is 249 Å². The number of esters is 3. The summed E-state index contributed by atoms with van der Waals surface area (Å²) in [5.41, 5.74) is 0. The van der Waals surface area contributed by atoms with Gasteiger partial charge in [0.05, 0.1) is 6.61 Å². The van der Waals surface area contributed by atoms with Gasteiger partial charge in [0.25, 0.3) is 0 Å². The minimum Gasteiger partial charge on any atom is -0.479 e. The maximum atomic E-state index is 13.2. The van der Waals surface area contributed by atoms with Gasteiger partial charge in [-0.3, -0.25) is 14.4 Å². The maximum absolute atomic E-state index is 13.2. The van der Waals surface area contributed by atoms with Crippen LogP contribution in [0.4, 0.5) is 0 Å². The molecule has 1 saturated heterocycles. The van der Waals surface area contributed by atoms with Crippen LogP contribution in [0.1, 0.15) is 303 Å². The molecule has 1 aliphatic rings. The normalized spacial score (nSPS) is 18.1. The molecule has 0 saturated carbocycles. The predicted octanol–water partition coefficient (Wildman–Crippen LogP) is 17.3. The van der Waals surface area contributed by atoms with Crippen LogP contribution < -0.4 is 0 Å². The molecule has 0 radical (unpaired) electrons. The van der Waals surface area contributed by atoms with Crippen molar-refractivity contribution in [3.8, 4) is 0 Å². The van der Waals surface area contributed by atoms with Crippen molar-refractivity contribution in [1.29, 1.82) is 0 Å². The van der Waals surface area contributed by atoms with E-state index in [4.69, 9.17) is 23.7 Å². The van der Waals surface area contributed by atoms with Crippen LogP contribution in [0.3, 0.4) is 0 Å². The highest BCUT2D eigenvalue weighted by Crippen LogP contribution is 2.27. The van der Waals surface area contributed by atoms with Gasteiger partial charge in [-0.25, -0.2) is 4.79 Å². The minimum absolute atomic E-state index is 0.0628. The topological polar surface area (TPSA) is 175 Å². The van der Waals surface area contributed by atoms with Gasteiger partial charge in [0, 0.05) is 19.3 Å². The van der Waals surface area contributed by atoms with Crippen molar-refractivity contribution < 1.29 is 58.2 Å². The van der Waals surface area contributed by atoms with Crippen molar-refractivity contribution in [3.63, 3.8) is 0 Å². The Hall–Kier alpha value is -3.32. The molecule has 3 N–H and O–H groups in total. The van der Waals surface area contributed by atoms with Crippen molar-refractivity contribution in [3.05, 3.63) is 48.6 Å². The number of rotatable bonds is 56. The van der Waals surface area contributed by atoms with Gasteiger partial charge in [0.15, 0.2) is 24.6 Å². The second kappa shape index (κ2) is 55.2. The molecule has 6 atom stereocenters. The zero-order chi connectivity index (χ0) is 57.5. The van der Waals surface area contributed by atoms with E-state index in [2.05, 4.69) is 69.4 Å². The van der Waals surface area contributed by atoms with E-state index in [1.165, 1.54) is 141 Å². The number of unbranched alkanes of at least 4 members (excludes halogenated alkanes) is 34. The number of carbonyl (C=O) groups excluding carboxylic acids is 3. The number of aliphatic carboxylic acids is 1. The lowest BCUT2D eigenvalue weighted by atomic mass is 9.98. The molecular formula is C67H118O12. The van der Waals surface area contributed by atoms with Crippen molar-refractivity contribution in [1.82, 2.24) is 0 Å². The number of hydrogen-bond acceptors (Lipinski definition) is 11. The molecule has 12 heteroatoms. The summed E-state index contributed by atoms with van der Waals surface area (Å²) in [4.78, 5) is 51.3. The standard InChI is InChI=1S/C67H118O12/c1-4-7-10-13-16-19-22-25-28-29-30-31-34-35-38-41-44-47-50-53-59(68)75-56-58(77-60(69)54-51-48-45-42-39-36-32-26-23-20-17-14-11-8-5-2)57-76-67-65(63(72)62(71)64(79-67)66(73)74)78-61(70)55-52-49-46-43-40-37-33-27-24-21-18-15-12-9-6-3/h16-17,19-20,25-26,28,32,58,62-65,67,71-72H,4-15,18,21-24,27,29-31,33-57H2,1-3H3,(H,73,74)/b19-16-,20-17-,28-25-,32-26-. The lowest BCUT2D eigenvalue weighted by Crippen LogP contribution is -2.61. The predicted molar refractivity (Wildman–Crippen MR) is 322 cm³/mol. The van der Waals surface area contributed by atoms with E-state index >= 15 is 0 Å². The van der Waals surface area contributed by atoms with Gasteiger partial charge in [0.1, 0.15) is 18.8 Å². The summed E-state index contributed by atoms with van der Waals surface area (Å²) in [5, 5.41) is 31.6. The van der Waals surface area contributed by atoms with Gasteiger partial charge in [-0.05, 0) is 83.5 Å². The molecule has 1 aliphatic heterocycles. The summed E-state index contributed by atoms with van der Waals surface area (Å²) >= 11 is 0. The van der Waals surface area contributed by atoms with Gasteiger partial charge in [-0.15, -0.1) is 0 Å². The molecule has 79 heavy (non-hydrogen) atoms. The number of carboxylic acid groups (broad SMARTS) is 1. The fourth-order valence-corrected chi connectivity index (χ4v) is 9.84. The summed E-state index contributed by atoms with van der Waals surface area (Å²) in [6, 6.07) is 0. The van der Waals surface area contributed by atoms with E-state index in [-0.39, 0.29) is 25.9 Å². The Kier molecular flexibility index (Phi) is 51.5. The average Bonchev–Trinajstić information content (AvgIpc) is 3.46. The highest BCUT2D eigenvalue weighted by atomic mass is 16.7. The summed E-state index contributed by atoms with van der Waals surface area (Å²) in [5.74, 6) is -3.12. The Labute approximate surface area is 482 Å². The van der Waals surface area contributed by atoms with Crippen LogP contribution in [0.2, 0.25) is 0 Å². The quantitative estimate of drug-likeness (QED) is 0.0228. The third-order valence-electron chi connectivity index (χ3n) is 14.9. The van der Waals surface area contributed by atoms with Gasteiger partial charge in [-0.2, -0.15) is 0 Å². The average molecular weight is 1120 g/mol. The van der Waals surface area contributed by atoms with Gasteiger partial charge in [0.2, 0.25) is 0 Å². The molecule has 0 bridgehead atoms. The molecule has 1 rings (SSSR count). The van der Waals surface area contributed by atoms with E-state index in [1.54, 1.807) is 0 Å². The van der Waals surface area contributed by atoms with Crippen LogP contribution >= 0.6 is 0 Å². The molecule has 0 aliphatic carbocycles. The number of aliphatic hydroxyl groups excluding tert-OH is 2. The number of carbonyl (C=O) groups is 4. The number of aliphatic hydroxyl groups is 2. The van der Waals surface area contributed by atoms with Crippen LogP contribution in [0, 0.1) is 0 Å². The zero-order valence-electron chi connectivity index (χ0n) is 50.6. The minimum atomic E-state index is -1.90. The van der Waals surface area contributed by atoms with E-state index in [0.717, 1.165) is 103 Å². The van der Waals surface area contributed by atoms with Gasteiger partial charge < -0.3 is 39.0 Å². The van der Waals surface area contributed by atoms with Crippen molar-refractivity contribution >= 4 is 23.9 Å². The van der Waals surface area contributed by atoms with Crippen molar-refractivity contribution in [2.75, 3.05) is 13.2 Å². The van der Waals surface area contributed by atoms with Crippen molar-refractivity contribution in [2.45, 2.75) is 340 Å². The first-order valence-electron chi connectivity index (χ1n) is 32.6. The lowest BCUT2D eigenvalue weighted by Gasteiger charge is -2.40. The molecule has 0 aromatic carbocycles. The first kappa shape index (κ1) is 73.7. The van der Waals surface area contributed by atoms with Crippen LogP contribution in [0.5, 0.6) is 0 Å². The van der Waals surface area contributed by atoms with E-state index in [0.29, 0.717) is 19.3 Å². The smallest absolute Gasteiger partial charge is 0.335 e. The van der Waals surface area contributed by atoms with Crippen LogP contribution in [0.25, 0.3) is 0 Å². The van der Waals surface area contributed by atoms with Crippen LogP contribution in [-0.4, -0.2) is 89.2 Å². The third kappa shape index (κ3) is 45.0. The molecule has 6 unspecified atom stereocenters. The molecule has 0 spiro atoms. The number of allylic oxidation sites excluding steroid dienone is 8. The van der Waals surface area contributed by atoms with Gasteiger partial charge >= 0.3 is 23.9 Å². The SMILES string of the molecule is CCCCC/C=C\C/C=C\CCCCCCCCCCCC(=O)OCC(COC1OC(C(=O)O)C(O)C(O)C1OC(=O)CCCCCCCCCCCCCCCCC)OC(=O)CCCCCCC/C=C\C/C=C\CCCCC. The second-order valence-electron chi connectivity index (χ2n) is 22.4. The Morgan fingerprint density at radius 3 is 1.16 bits per heavy atom. The molecule has 1 fully saturated rings. The molecule has 0 amide bonds. The fraction of sp³-hybridized carbons (Fsp3) is 0.821. The molecule has 0 aromatic heterocycles.